The van der Waals surface area contributed by atoms with Gasteiger partial charge in [0.05, 0.1) is 0 Å². The summed E-state index contributed by atoms with van der Waals surface area (Å²) in [6, 6.07) is 13.6. The Morgan fingerprint density at radius 3 is 2.57 bits per heavy atom. The lowest BCUT2D eigenvalue weighted by atomic mass is 10.2. The van der Waals surface area contributed by atoms with Crippen LogP contribution in [0.3, 0.4) is 0 Å². The van der Waals surface area contributed by atoms with Crippen LogP contribution < -0.4 is 0 Å². The summed E-state index contributed by atoms with van der Waals surface area (Å²) in [5.41, 5.74) is 1.36. The molecule has 0 spiro atoms. The van der Waals surface area contributed by atoms with Crippen LogP contribution in [0.2, 0.25) is 5.02 Å². The molecule has 104 valence electrons. The Hall–Kier alpha value is -1.72. The first-order chi connectivity index (χ1) is 10.1. The highest BCUT2D eigenvalue weighted by Crippen LogP contribution is 2.30. The maximum atomic E-state index is 8.79. The Morgan fingerprint density at radius 1 is 1.29 bits per heavy atom. The van der Waals surface area contributed by atoms with Crippen LogP contribution >= 0.6 is 34.7 Å². The topological polar surface area (TPSA) is 47.6 Å². The molecular weight excluding hydrogens is 320 g/mol. The Kier molecular flexibility index (Phi) is 5.47. The summed E-state index contributed by atoms with van der Waals surface area (Å²) in [6.45, 7) is 2.05. The normalized spacial score (nSPS) is 9.71. The van der Waals surface area contributed by atoms with Crippen molar-refractivity contribution in [2.45, 2.75) is 17.6 Å². The third-order valence-electron chi connectivity index (χ3n) is 2.78. The molecule has 0 bridgehead atoms. The molecule has 2 nitrogen and oxygen atoms in total. The van der Waals surface area contributed by atoms with Gasteiger partial charge in [-0.1, -0.05) is 11.6 Å². The van der Waals surface area contributed by atoms with E-state index in [0.717, 1.165) is 20.5 Å². The quantitative estimate of drug-likeness (QED) is 0.554. The van der Waals surface area contributed by atoms with E-state index >= 15 is 0 Å². The zero-order valence-electron chi connectivity index (χ0n) is 11.3. The van der Waals surface area contributed by atoms with Crippen LogP contribution in [0, 0.1) is 29.6 Å². The van der Waals surface area contributed by atoms with Gasteiger partial charge in [0, 0.05) is 25.4 Å². The van der Waals surface area contributed by atoms with E-state index in [1.54, 1.807) is 29.2 Å². The van der Waals surface area contributed by atoms with E-state index in [4.69, 9.17) is 22.1 Å². The number of nitriles is 2. The number of thiophene rings is 1. The van der Waals surface area contributed by atoms with E-state index < -0.39 is 0 Å². The highest BCUT2D eigenvalue weighted by molar-refractivity contribution is 7.98. The van der Waals surface area contributed by atoms with Crippen molar-refractivity contribution in [2.75, 3.05) is 0 Å². The van der Waals surface area contributed by atoms with Crippen molar-refractivity contribution >= 4 is 40.8 Å². The molecule has 0 amide bonds. The molecule has 0 radical (unpaired) electrons. The van der Waals surface area contributed by atoms with E-state index in [1.807, 2.05) is 42.5 Å². The number of nitrogens with zero attached hydrogens (tertiary/aromatic N) is 2. The molecule has 2 rings (SSSR count). The maximum Gasteiger partial charge on any atom is 0.131 e. The third kappa shape index (κ3) is 4.37. The van der Waals surface area contributed by atoms with Gasteiger partial charge in [0.15, 0.2) is 0 Å². The third-order valence-corrected chi connectivity index (χ3v) is 5.13. The molecule has 0 N–H and O–H groups in total. The van der Waals surface area contributed by atoms with Gasteiger partial charge in [-0.15, -0.1) is 23.1 Å². The van der Waals surface area contributed by atoms with Crippen molar-refractivity contribution in [3.8, 4) is 12.1 Å². The molecule has 0 unspecified atom stereocenters. The fourth-order valence-corrected chi connectivity index (χ4v) is 3.84. The first-order valence-electron chi connectivity index (χ1n) is 6.12. The molecule has 1 aromatic carbocycles. The summed E-state index contributed by atoms with van der Waals surface area (Å²) in [5.74, 6) is 0.853. The van der Waals surface area contributed by atoms with Crippen molar-refractivity contribution in [2.24, 2.45) is 0 Å². The molecule has 2 aromatic rings. The largest absolute Gasteiger partial charge is 0.192 e. The molecule has 21 heavy (non-hydrogen) atoms. The number of allylic oxidation sites excluding steroid dienone is 1. The van der Waals surface area contributed by atoms with Crippen molar-refractivity contribution in [1.29, 1.82) is 10.5 Å². The number of hydrogen-bond acceptors (Lipinski definition) is 4. The molecule has 0 atom stereocenters. The Labute approximate surface area is 137 Å². The minimum Gasteiger partial charge on any atom is -0.192 e. The summed E-state index contributed by atoms with van der Waals surface area (Å²) < 4.78 is 0. The Bertz CT molecular complexity index is 730. The van der Waals surface area contributed by atoms with Crippen molar-refractivity contribution in [3.05, 3.63) is 56.2 Å². The van der Waals surface area contributed by atoms with Gasteiger partial charge in [-0.25, -0.2) is 0 Å². The smallest absolute Gasteiger partial charge is 0.131 e. The molecular formula is C16H11ClN2S2. The average molecular weight is 331 g/mol. The second kappa shape index (κ2) is 7.33. The van der Waals surface area contributed by atoms with Crippen molar-refractivity contribution in [1.82, 2.24) is 0 Å². The van der Waals surface area contributed by atoms with Crippen LogP contribution in [0.5, 0.6) is 0 Å². The van der Waals surface area contributed by atoms with E-state index in [9.17, 15) is 0 Å². The predicted molar refractivity (Wildman–Crippen MR) is 89.3 cm³/mol. The standard InChI is InChI=1S/C16H11ClN2S2/c1-11-13(7-16(21-11)6-12(8-18)9-19)10-20-15-4-2-14(17)3-5-15/h2-7H,10H2,1H3. The second-order valence-corrected chi connectivity index (χ2v) is 7.03. The Balaban J connectivity index is 2.10. The van der Waals surface area contributed by atoms with Crippen LogP contribution in [0.4, 0.5) is 0 Å². The fraction of sp³-hybridized carbons (Fsp3) is 0.125. The van der Waals surface area contributed by atoms with Crippen LogP contribution in [0.25, 0.3) is 6.08 Å². The number of thioether (sulfide) groups is 1. The molecule has 0 saturated heterocycles. The zero-order chi connectivity index (χ0) is 15.2. The Morgan fingerprint density at radius 2 is 1.95 bits per heavy atom. The van der Waals surface area contributed by atoms with Gasteiger partial charge in [-0.05, 0) is 48.9 Å². The molecule has 0 aliphatic rings. The molecule has 0 aliphatic heterocycles. The molecule has 0 saturated carbocycles. The van der Waals surface area contributed by atoms with E-state index in [1.165, 1.54) is 10.4 Å². The van der Waals surface area contributed by atoms with Gasteiger partial charge in [0.2, 0.25) is 0 Å². The van der Waals surface area contributed by atoms with E-state index in [0.29, 0.717) is 0 Å². The molecule has 1 aromatic heterocycles. The first kappa shape index (κ1) is 15.7. The van der Waals surface area contributed by atoms with Crippen LogP contribution in [0.15, 0.2) is 40.8 Å². The number of rotatable bonds is 4. The highest BCUT2D eigenvalue weighted by atomic mass is 35.5. The van der Waals surface area contributed by atoms with Gasteiger partial charge in [0.25, 0.3) is 0 Å². The maximum absolute atomic E-state index is 8.79. The lowest BCUT2D eigenvalue weighted by Gasteiger charge is -2.01. The fourth-order valence-electron chi connectivity index (χ4n) is 1.68. The number of hydrogen-bond donors (Lipinski definition) is 0. The summed E-state index contributed by atoms with van der Waals surface area (Å²) in [5, 5.41) is 18.3. The molecule has 1 heterocycles. The monoisotopic (exact) mass is 330 g/mol. The lowest BCUT2D eigenvalue weighted by Crippen LogP contribution is -1.79. The molecule has 0 fully saturated rings. The van der Waals surface area contributed by atoms with Crippen molar-refractivity contribution in [3.63, 3.8) is 0 Å². The predicted octanol–water partition coefficient (Wildman–Crippen LogP) is 5.43. The molecule has 0 aliphatic carbocycles. The average Bonchev–Trinajstić information content (AvgIpc) is 2.84. The number of halogens is 1. The van der Waals surface area contributed by atoms with E-state index in [2.05, 4.69) is 6.92 Å². The van der Waals surface area contributed by atoms with Crippen molar-refractivity contribution < 1.29 is 0 Å². The first-order valence-corrected chi connectivity index (χ1v) is 8.30. The van der Waals surface area contributed by atoms with Gasteiger partial charge in [0.1, 0.15) is 17.7 Å². The summed E-state index contributed by atoms with van der Waals surface area (Å²) >= 11 is 9.20. The summed E-state index contributed by atoms with van der Waals surface area (Å²) in [4.78, 5) is 3.31. The number of benzene rings is 1. The highest BCUT2D eigenvalue weighted by Gasteiger charge is 2.06. The summed E-state index contributed by atoms with van der Waals surface area (Å²) in [6.07, 6.45) is 1.63. The zero-order valence-corrected chi connectivity index (χ0v) is 13.6. The lowest BCUT2D eigenvalue weighted by molar-refractivity contribution is 1.36. The van der Waals surface area contributed by atoms with Gasteiger partial charge in [-0.3, -0.25) is 0 Å². The minimum absolute atomic E-state index is 0.133. The minimum atomic E-state index is 0.133. The summed E-state index contributed by atoms with van der Waals surface area (Å²) in [7, 11) is 0. The van der Waals surface area contributed by atoms with Gasteiger partial charge < -0.3 is 0 Å². The SMILES string of the molecule is Cc1sc(C=C(C#N)C#N)cc1CSc1ccc(Cl)cc1. The van der Waals surface area contributed by atoms with Crippen LogP contribution in [-0.4, -0.2) is 0 Å². The van der Waals surface area contributed by atoms with Crippen LogP contribution in [0.1, 0.15) is 15.3 Å². The van der Waals surface area contributed by atoms with Gasteiger partial charge in [-0.2, -0.15) is 10.5 Å². The van der Waals surface area contributed by atoms with E-state index in [-0.39, 0.29) is 5.57 Å². The number of aryl methyl sites for hydroxylation is 1. The van der Waals surface area contributed by atoms with Gasteiger partial charge >= 0.3 is 0 Å². The molecule has 5 heteroatoms. The second-order valence-electron chi connectivity index (χ2n) is 4.25. The van der Waals surface area contributed by atoms with Crippen LogP contribution in [-0.2, 0) is 5.75 Å².